The molecular weight excluding hydrogens is 342 g/mol. The van der Waals surface area contributed by atoms with Crippen LogP contribution in [0.25, 0.3) is 0 Å². The van der Waals surface area contributed by atoms with Crippen LogP contribution in [-0.4, -0.2) is 7.11 Å². The van der Waals surface area contributed by atoms with Gasteiger partial charge in [-0.1, -0.05) is 22.0 Å². The van der Waals surface area contributed by atoms with Gasteiger partial charge >= 0.3 is 0 Å². The Labute approximate surface area is 130 Å². The Balaban J connectivity index is 2.30. The molecule has 0 saturated carbocycles. The molecule has 1 atom stereocenters. The minimum Gasteiger partial charge on any atom is -0.497 e. The lowest BCUT2D eigenvalue weighted by molar-refractivity contribution is 0.413. The van der Waals surface area contributed by atoms with Gasteiger partial charge in [0.15, 0.2) is 0 Å². The third-order valence-corrected chi connectivity index (χ3v) is 3.99. The van der Waals surface area contributed by atoms with E-state index in [2.05, 4.69) is 21.4 Å². The maximum Gasteiger partial charge on any atom is 0.130 e. The fourth-order valence-corrected chi connectivity index (χ4v) is 2.51. The summed E-state index contributed by atoms with van der Waals surface area (Å²) < 4.78 is 32.9. The van der Waals surface area contributed by atoms with Gasteiger partial charge in [0, 0.05) is 16.1 Å². The molecule has 0 aromatic heterocycles. The first kappa shape index (κ1) is 15.9. The Kier molecular flexibility index (Phi) is 5.27. The number of rotatable bonds is 5. The summed E-state index contributed by atoms with van der Waals surface area (Å²) in [5, 5.41) is 0. The summed E-state index contributed by atoms with van der Waals surface area (Å²) in [4.78, 5) is 0. The molecule has 2 aromatic rings. The normalized spacial score (nSPS) is 12.2. The van der Waals surface area contributed by atoms with Crippen molar-refractivity contribution in [2.24, 2.45) is 5.84 Å². The monoisotopic (exact) mass is 356 g/mol. The molecule has 112 valence electrons. The number of methoxy groups -OCH3 is 1. The van der Waals surface area contributed by atoms with E-state index in [0.29, 0.717) is 17.7 Å². The highest BCUT2D eigenvalue weighted by Crippen LogP contribution is 2.28. The van der Waals surface area contributed by atoms with Crippen molar-refractivity contribution in [1.29, 1.82) is 0 Å². The SMILES string of the molecule is COc1ccc(Br)c(CC(NN)c2ccc(F)cc2F)c1. The van der Waals surface area contributed by atoms with E-state index in [9.17, 15) is 8.78 Å². The van der Waals surface area contributed by atoms with Gasteiger partial charge in [0.05, 0.1) is 13.2 Å². The summed E-state index contributed by atoms with van der Waals surface area (Å²) in [5.74, 6) is 4.98. The summed E-state index contributed by atoms with van der Waals surface area (Å²) in [5.41, 5.74) is 3.78. The van der Waals surface area contributed by atoms with Crippen molar-refractivity contribution in [3.63, 3.8) is 0 Å². The van der Waals surface area contributed by atoms with E-state index in [1.165, 1.54) is 12.1 Å². The van der Waals surface area contributed by atoms with Crippen LogP contribution in [0.3, 0.4) is 0 Å². The highest BCUT2D eigenvalue weighted by Gasteiger charge is 2.17. The largest absolute Gasteiger partial charge is 0.497 e. The third kappa shape index (κ3) is 3.78. The molecule has 2 rings (SSSR count). The number of hydrazine groups is 1. The lowest BCUT2D eigenvalue weighted by Crippen LogP contribution is -2.30. The summed E-state index contributed by atoms with van der Waals surface area (Å²) in [6.07, 6.45) is 0.427. The summed E-state index contributed by atoms with van der Waals surface area (Å²) >= 11 is 3.44. The van der Waals surface area contributed by atoms with Crippen molar-refractivity contribution in [2.75, 3.05) is 7.11 Å². The molecular formula is C15H15BrF2N2O. The predicted octanol–water partition coefficient (Wildman–Crippen LogP) is 3.48. The second-order valence-corrected chi connectivity index (χ2v) is 5.40. The molecule has 0 spiro atoms. The van der Waals surface area contributed by atoms with Crippen LogP contribution in [0.2, 0.25) is 0 Å². The van der Waals surface area contributed by atoms with E-state index >= 15 is 0 Å². The van der Waals surface area contributed by atoms with Crippen molar-refractivity contribution in [2.45, 2.75) is 12.5 Å². The molecule has 0 aliphatic rings. The standard InChI is InChI=1S/C15H15BrF2N2O/c1-21-11-3-5-13(16)9(6-11)7-15(20-19)12-4-2-10(17)8-14(12)18/h2-6,8,15,20H,7,19H2,1H3. The zero-order valence-electron chi connectivity index (χ0n) is 11.4. The number of hydrogen-bond acceptors (Lipinski definition) is 3. The Morgan fingerprint density at radius 2 is 2.00 bits per heavy atom. The van der Waals surface area contributed by atoms with Gasteiger partial charge in [-0.3, -0.25) is 11.3 Å². The van der Waals surface area contributed by atoms with Crippen LogP contribution in [0.15, 0.2) is 40.9 Å². The average molecular weight is 357 g/mol. The van der Waals surface area contributed by atoms with Crippen molar-refractivity contribution in [1.82, 2.24) is 5.43 Å². The topological polar surface area (TPSA) is 47.3 Å². The van der Waals surface area contributed by atoms with Crippen LogP contribution in [0.1, 0.15) is 17.2 Å². The number of benzene rings is 2. The molecule has 2 aromatic carbocycles. The molecule has 3 N–H and O–H groups in total. The molecule has 0 amide bonds. The molecule has 1 unspecified atom stereocenters. The highest BCUT2D eigenvalue weighted by atomic mass is 79.9. The van der Waals surface area contributed by atoms with Crippen LogP contribution < -0.4 is 16.0 Å². The van der Waals surface area contributed by atoms with Crippen LogP contribution in [0, 0.1) is 11.6 Å². The lowest BCUT2D eigenvalue weighted by atomic mass is 9.98. The van der Waals surface area contributed by atoms with Crippen molar-refractivity contribution >= 4 is 15.9 Å². The Hall–Kier alpha value is -1.50. The Morgan fingerprint density at radius 3 is 2.62 bits per heavy atom. The molecule has 0 bridgehead atoms. The first-order chi connectivity index (χ1) is 10.0. The van der Waals surface area contributed by atoms with Gasteiger partial charge in [0.1, 0.15) is 17.4 Å². The summed E-state index contributed by atoms with van der Waals surface area (Å²) in [7, 11) is 1.57. The average Bonchev–Trinajstić information content (AvgIpc) is 2.47. The van der Waals surface area contributed by atoms with Crippen LogP contribution in [0.4, 0.5) is 8.78 Å². The summed E-state index contributed by atoms with van der Waals surface area (Å²) in [6.45, 7) is 0. The minimum atomic E-state index is -0.628. The van der Waals surface area contributed by atoms with Gasteiger partial charge in [-0.15, -0.1) is 0 Å². The van der Waals surface area contributed by atoms with Gasteiger partial charge < -0.3 is 4.74 Å². The van der Waals surface area contributed by atoms with E-state index < -0.39 is 17.7 Å². The number of nitrogens with one attached hydrogen (secondary N) is 1. The smallest absolute Gasteiger partial charge is 0.130 e. The first-order valence-corrected chi connectivity index (χ1v) is 7.08. The van der Waals surface area contributed by atoms with Crippen molar-refractivity contribution < 1.29 is 13.5 Å². The number of nitrogens with two attached hydrogens (primary N) is 1. The van der Waals surface area contributed by atoms with Crippen molar-refractivity contribution in [3.8, 4) is 5.75 Å². The second-order valence-electron chi connectivity index (χ2n) is 4.55. The molecule has 6 heteroatoms. The molecule has 21 heavy (non-hydrogen) atoms. The van der Waals surface area contributed by atoms with E-state index in [-0.39, 0.29) is 0 Å². The number of hydrogen-bond donors (Lipinski definition) is 2. The fourth-order valence-electron chi connectivity index (χ4n) is 2.10. The van der Waals surface area contributed by atoms with E-state index in [0.717, 1.165) is 16.1 Å². The zero-order valence-corrected chi connectivity index (χ0v) is 13.0. The number of halogens is 3. The quantitative estimate of drug-likeness (QED) is 0.636. The Bertz CT molecular complexity index is 637. The first-order valence-electron chi connectivity index (χ1n) is 6.28. The van der Waals surface area contributed by atoms with E-state index in [1.807, 2.05) is 18.2 Å². The van der Waals surface area contributed by atoms with Gasteiger partial charge in [-0.2, -0.15) is 0 Å². The van der Waals surface area contributed by atoms with Crippen LogP contribution in [0.5, 0.6) is 5.75 Å². The lowest BCUT2D eigenvalue weighted by Gasteiger charge is -2.18. The number of ether oxygens (including phenoxy) is 1. The predicted molar refractivity (Wildman–Crippen MR) is 80.8 cm³/mol. The summed E-state index contributed by atoms with van der Waals surface area (Å²) in [6, 6.07) is 8.48. The van der Waals surface area contributed by atoms with Crippen LogP contribution >= 0.6 is 15.9 Å². The van der Waals surface area contributed by atoms with Crippen LogP contribution in [-0.2, 0) is 6.42 Å². The van der Waals surface area contributed by atoms with Gasteiger partial charge in [-0.25, -0.2) is 8.78 Å². The molecule has 3 nitrogen and oxygen atoms in total. The highest BCUT2D eigenvalue weighted by molar-refractivity contribution is 9.10. The Morgan fingerprint density at radius 1 is 1.24 bits per heavy atom. The maximum atomic E-state index is 13.9. The van der Waals surface area contributed by atoms with Gasteiger partial charge in [-0.05, 0) is 36.2 Å². The third-order valence-electron chi connectivity index (χ3n) is 3.22. The zero-order chi connectivity index (χ0) is 15.4. The maximum absolute atomic E-state index is 13.9. The van der Waals surface area contributed by atoms with Gasteiger partial charge in [0.2, 0.25) is 0 Å². The molecule has 0 heterocycles. The van der Waals surface area contributed by atoms with Crippen molar-refractivity contribution in [3.05, 3.63) is 63.6 Å². The molecule has 0 radical (unpaired) electrons. The minimum absolute atomic E-state index is 0.314. The van der Waals surface area contributed by atoms with E-state index in [1.54, 1.807) is 7.11 Å². The second kappa shape index (κ2) is 6.98. The molecule has 0 saturated heterocycles. The molecule has 0 aliphatic heterocycles. The van der Waals surface area contributed by atoms with Gasteiger partial charge in [0.25, 0.3) is 0 Å². The van der Waals surface area contributed by atoms with E-state index in [4.69, 9.17) is 10.6 Å². The fraction of sp³-hybridized carbons (Fsp3) is 0.200. The molecule has 0 aliphatic carbocycles. The molecule has 0 fully saturated rings.